The molecule has 0 bridgehead atoms. The van der Waals surface area contributed by atoms with Crippen molar-refractivity contribution in [1.29, 1.82) is 10.5 Å². The minimum absolute atomic E-state index is 0.642. The van der Waals surface area contributed by atoms with Crippen LogP contribution in [0.3, 0.4) is 0 Å². The average molecular weight is 709 g/mol. The topological polar surface area (TPSA) is 114 Å². The molecule has 2 aromatic heterocycles. The van der Waals surface area contributed by atoms with E-state index in [1.807, 2.05) is 85.5 Å². The van der Waals surface area contributed by atoms with Crippen molar-refractivity contribution in [1.82, 2.24) is 9.97 Å². The van der Waals surface area contributed by atoms with Gasteiger partial charge in [0.25, 0.3) is 0 Å². The van der Waals surface area contributed by atoms with E-state index in [0.717, 1.165) is 81.3 Å². The molecule has 2 unspecified atom stereocenters. The molecular formula is C48H44N4O2. The molecule has 0 fully saturated rings. The van der Waals surface area contributed by atoms with Gasteiger partial charge < -0.3 is 10.2 Å². The van der Waals surface area contributed by atoms with Crippen molar-refractivity contribution in [2.75, 3.05) is 0 Å². The lowest BCUT2D eigenvalue weighted by molar-refractivity contribution is 0.0609. The fraction of sp³-hybridized carbons (Fsp3) is 0.250. The van der Waals surface area contributed by atoms with E-state index in [1.165, 1.54) is 22.3 Å². The number of fused-ring (bicyclic) bond motifs is 2. The van der Waals surface area contributed by atoms with Gasteiger partial charge in [-0.3, -0.25) is 9.97 Å². The molecule has 54 heavy (non-hydrogen) atoms. The first-order chi connectivity index (χ1) is 26.1. The van der Waals surface area contributed by atoms with Crippen molar-refractivity contribution in [3.63, 3.8) is 0 Å². The largest absolute Gasteiger partial charge is 0.380 e. The Balaban J connectivity index is 0.000000167. The highest BCUT2D eigenvalue weighted by atomic mass is 16.3. The lowest BCUT2D eigenvalue weighted by Gasteiger charge is -2.36. The van der Waals surface area contributed by atoms with E-state index in [9.17, 15) is 10.2 Å². The Kier molecular flexibility index (Phi) is 10.0. The van der Waals surface area contributed by atoms with Crippen LogP contribution in [0.5, 0.6) is 0 Å². The van der Waals surface area contributed by atoms with E-state index in [2.05, 4.69) is 74.1 Å². The molecule has 6 aromatic rings. The SMILES string of the molecule is Cc1ccc(C2(O)CCCc3c(-c4ccc(C#N)cc4)cncc32)cc1C.Cc1ccc(C2(O)CCCc3c(-c4ccc(C#N)cc4)cncc32)cc1C. The van der Waals surface area contributed by atoms with Gasteiger partial charge in [0.2, 0.25) is 0 Å². The summed E-state index contributed by atoms with van der Waals surface area (Å²) in [6.45, 7) is 8.33. The lowest BCUT2D eigenvalue weighted by Crippen LogP contribution is -2.32. The second-order valence-corrected chi connectivity index (χ2v) is 14.8. The number of aliphatic hydroxyl groups is 2. The summed E-state index contributed by atoms with van der Waals surface area (Å²) in [7, 11) is 0. The van der Waals surface area contributed by atoms with Gasteiger partial charge >= 0.3 is 0 Å². The third-order valence-corrected chi connectivity index (χ3v) is 11.6. The number of nitriles is 2. The number of aryl methyl sites for hydroxylation is 4. The zero-order valence-corrected chi connectivity index (χ0v) is 31.3. The minimum atomic E-state index is -1.01. The zero-order valence-electron chi connectivity index (χ0n) is 31.3. The van der Waals surface area contributed by atoms with E-state index in [0.29, 0.717) is 24.0 Å². The highest BCUT2D eigenvalue weighted by Crippen LogP contribution is 2.45. The van der Waals surface area contributed by atoms with E-state index >= 15 is 0 Å². The maximum atomic E-state index is 11.7. The van der Waals surface area contributed by atoms with Gasteiger partial charge in [-0.2, -0.15) is 10.5 Å². The number of nitrogens with zero attached hydrogens (tertiary/aromatic N) is 4. The highest BCUT2D eigenvalue weighted by Gasteiger charge is 2.39. The molecule has 268 valence electrons. The van der Waals surface area contributed by atoms with Crippen LogP contribution in [-0.2, 0) is 24.0 Å². The van der Waals surface area contributed by atoms with Crippen LogP contribution >= 0.6 is 0 Å². The monoisotopic (exact) mass is 708 g/mol. The summed E-state index contributed by atoms with van der Waals surface area (Å²) in [5.74, 6) is 0. The molecule has 6 heteroatoms. The number of hydrogen-bond acceptors (Lipinski definition) is 6. The third-order valence-electron chi connectivity index (χ3n) is 11.6. The molecule has 0 saturated carbocycles. The summed E-state index contributed by atoms with van der Waals surface area (Å²) in [5.41, 5.74) is 14.2. The number of benzene rings is 4. The van der Waals surface area contributed by atoms with Crippen molar-refractivity contribution in [2.24, 2.45) is 0 Å². The van der Waals surface area contributed by atoms with Gasteiger partial charge in [0.15, 0.2) is 0 Å². The average Bonchev–Trinajstić information content (AvgIpc) is 3.20. The van der Waals surface area contributed by atoms with Gasteiger partial charge in [0.05, 0.1) is 23.3 Å². The summed E-state index contributed by atoms with van der Waals surface area (Å²) < 4.78 is 0. The molecule has 2 aliphatic rings. The summed E-state index contributed by atoms with van der Waals surface area (Å²) in [5, 5.41) is 41.4. The van der Waals surface area contributed by atoms with Crippen LogP contribution < -0.4 is 0 Å². The Bertz CT molecular complexity index is 2270. The van der Waals surface area contributed by atoms with Crippen LogP contribution in [-0.4, -0.2) is 20.2 Å². The zero-order chi connectivity index (χ0) is 38.0. The van der Waals surface area contributed by atoms with E-state index in [-0.39, 0.29) is 0 Å². The summed E-state index contributed by atoms with van der Waals surface area (Å²) in [4.78, 5) is 8.91. The molecule has 2 heterocycles. The predicted octanol–water partition coefficient (Wildman–Crippen LogP) is 9.62. The molecular weight excluding hydrogens is 665 g/mol. The van der Waals surface area contributed by atoms with E-state index in [1.54, 1.807) is 0 Å². The van der Waals surface area contributed by atoms with E-state index < -0.39 is 11.2 Å². The quantitative estimate of drug-likeness (QED) is 0.189. The first-order valence-corrected chi connectivity index (χ1v) is 18.6. The third kappa shape index (κ3) is 6.72. The van der Waals surface area contributed by atoms with Crippen LogP contribution in [0, 0.1) is 50.4 Å². The van der Waals surface area contributed by atoms with Gasteiger partial charge in [-0.25, -0.2) is 0 Å². The van der Waals surface area contributed by atoms with Gasteiger partial charge in [-0.1, -0.05) is 60.7 Å². The second-order valence-electron chi connectivity index (χ2n) is 14.8. The number of hydrogen-bond donors (Lipinski definition) is 2. The Hall–Kier alpha value is -5.92. The smallest absolute Gasteiger partial charge is 0.116 e. The Morgan fingerprint density at radius 2 is 0.907 bits per heavy atom. The van der Waals surface area contributed by atoms with Crippen molar-refractivity contribution < 1.29 is 10.2 Å². The van der Waals surface area contributed by atoms with Gasteiger partial charge in [-0.15, -0.1) is 0 Å². The predicted molar refractivity (Wildman–Crippen MR) is 212 cm³/mol. The van der Waals surface area contributed by atoms with Crippen molar-refractivity contribution in [2.45, 2.75) is 77.4 Å². The fourth-order valence-electron chi connectivity index (χ4n) is 8.08. The Labute approximate surface area is 318 Å². The standard InChI is InChI=1S/2C24H22N2O/c2*1-16-5-10-20(12-17(16)2)24(27)11-3-4-21-22(14-26-15-23(21)24)19-8-6-18(13-25)7-9-19/h2*5-10,12,14-15,27H,3-4,11H2,1-2H3. The van der Waals surface area contributed by atoms with Crippen LogP contribution in [0.25, 0.3) is 22.3 Å². The number of rotatable bonds is 4. The molecule has 8 rings (SSSR count). The number of pyridine rings is 2. The fourth-order valence-corrected chi connectivity index (χ4v) is 8.08. The maximum Gasteiger partial charge on any atom is 0.116 e. The number of aromatic nitrogens is 2. The molecule has 2 N–H and O–H groups in total. The maximum absolute atomic E-state index is 11.7. The van der Waals surface area contributed by atoms with Crippen LogP contribution in [0.4, 0.5) is 0 Å². The molecule has 0 saturated heterocycles. The van der Waals surface area contributed by atoms with Gasteiger partial charge in [0.1, 0.15) is 11.2 Å². The highest BCUT2D eigenvalue weighted by molar-refractivity contribution is 5.71. The lowest BCUT2D eigenvalue weighted by atomic mass is 9.74. The summed E-state index contributed by atoms with van der Waals surface area (Å²) >= 11 is 0. The van der Waals surface area contributed by atoms with Gasteiger partial charge in [0, 0.05) is 47.0 Å². The molecule has 0 aliphatic heterocycles. The normalized spacial score (nSPS) is 18.6. The first kappa shape index (κ1) is 36.4. The Morgan fingerprint density at radius 3 is 1.26 bits per heavy atom. The molecule has 6 nitrogen and oxygen atoms in total. The van der Waals surface area contributed by atoms with Crippen molar-refractivity contribution >= 4 is 0 Å². The van der Waals surface area contributed by atoms with Crippen LogP contribution in [0.1, 0.15) is 92.4 Å². The van der Waals surface area contributed by atoms with Crippen molar-refractivity contribution in [3.8, 4) is 34.4 Å². The molecule has 0 radical (unpaired) electrons. The van der Waals surface area contributed by atoms with Crippen molar-refractivity contribution in [3.05, 3.63) is 176 Å². The molecule has 2 aliphatic carbocycles. The summed E-state index contributed by atoms with van der Waals surface area (Å²) in [6.07, 6.45) is 12.4. The Morgan fingerprint density at radius 1 is 0.519 bits per heavy atom. The minimum Gasteiger partial charge on any atom is -0.380 e. The van der Waals surface area contributed by atoms with E-state index in [4.69, 9.17) is 10.5 Å². The molecule has 4 aromatic carbocycles. The van der Waals surface area contributed by atoms with Gasteiger partial charge in [-0.05, 0) is 146 Å². The second kappa shape index (κ2) is 14.8. The molecule has 0 amide bonds. The molecule has 0 spiro atoms. The molecule has 2 atom stereocenters. The first-order valence-electron chi connectivity index (χ1n) is 18.6. The summed E-state index contributed by atoms with van der Waals surface area (Å²) in [6, 6.07) is 31.9. The van der Waals surface area contributed by atoms with Crippen LogP contribution in [0.15, 0.2) is 110 Å². The van der Waals surface area contributed by atoms with Crippen LogP contribution in [0.2, 0.25) is 0 Å².